The molecule has 0 fully saturated rings. The molecule has 3 rings (SSSR count). The molecule has 0 unspecified atom stereocenters. The molecular weight excluding hydrogens is 462 g/mol. The van der Waals surface area contributed by atoms with Crippen molar-refractivity contribution in [1.82, 2.24) is 0 Å². The van der Waals surface area contributed by atoms with Crippen molar-refractivity contribution in [3.63, 3.8) is 0 Å². The monoisotopic (exact) mass is 487 g/mol. The maximum Gasteiger partial charge on any atom is 0.261 e. The molecule has 0 aromatic heterocycles. The zero-order chi connectivity index (χ0) is 24.4. The smallest absolute Gasteiger partial charge is 0.261 e. The topological polar surface area (TPSA) is 121 Å². The van der Waals surface area contributed by atoms with Crippen molar-refractivity contribution in [2.45, 2.75) is 25.7 Å². The number of rotatable bonds is 7. The summed E-state index contributed by atoms with van der Waals surface area (Å²) in [5.74, 6) is -0.450. The van der Waals surface area contributed by atoms with Gasteiger partial charge in [0.15, 0.2) is 0 Å². The summed E-state index contributed by atoms with van der Waals surface area (Å²) >= 11 is 0. The van der Waals surface area contributed by atoms with Crippen LogP contribution in [0.3, 0.4) is 0 Å². The van der Waals surface area contributed by atoms with Crippen molar-refractivity contribution < 1.29 is 21.6 Å². The largest absolute Gasteiger partial charge is 0.322 e. The van der Waals surface area contributed by atoms with Gasteiger partial charge in [0.25, 0.3) is 15.9 Å². The Bertz CT molecular complexity index is 1410. The molecule has 3 aromatic carbocycles. The first-order chi connectivity index (χ1) is 15.4. The molecule has 0 bridgehead atoms. The number of carbonyl (C=O) groups excluding carboxylic acids is 1. The molecule has 0 aliphatic heterocycles. The van der Waals surface area contributed by atoms with Crippen LogP contribution in [0.5, 0.6) is 0 Å². The molecule has 0 saturated carbocycles. The number of anilines is 3. The van der Waals surface area contributed by atoms with E-state index in [1.54, 1.807) is 31.2 Å². The summed E-state index contributed by atoms with van der Waals surface area (Å²) in [6, 6.07) is 15.9. The van der Waals surface area contributed by atoms with Gasteiger partial charge in [0.1, 0.15) is 0 Å². The van der Waals surface area contributed by atoms with Gasteiger partial charge >= 0.3 is 0 Å². The summed E-state index contributed by atoms with van der Waals surface area (Å²) in [6.07, 6.45) is 1.03. The standard InChI is InChI=1S/C23H25N3O5S2/c1-15-8-13-21(16(2)14-15)26-33(30,31)19-11-9-18(10-12-19)24-23(27)20-6-5-7-22(17(20)3)25-32(4,28)29/h5-14,25-26H,1-4H3,(H,24,27). The van der Waals surface area contributed by atoms with Gasteiger partial charge in [0, 0.05) is 11.3 Å². The molecule has 8 nitrogen and oxygen atoms in total. The van der Waals surface area contributed by atoms with E-state index in [4.69, 9.17) is 0 Å². The number of hydrogen-bond acceptors (Lipinski definition) is 5. The second-order valence-corrected chi connectivity index (χ2v) is 11.2. The number of benzene rings is 3. The molecular formula is C23H25N3O5S2. The van der Waals surface area contributed by atoms with E-state index in [0.717, 1.165) is 17.4 Å². The Balaban J connectivity index is 1.77. The zero-order valence-electron chi connectivity index (χ0n) is 18.6. The third kappa shape index (κ3) is 6.11. The molecule has 174 valence electrons. The number of amides is 1. The predicted octanol–water partition coefficient (Wildman–Crippen LogP) is 4.04. The highest BCUT2D eigenvalue weighted by molar-refractivity contribution is 7.92. The van der Waals surface area contributed by atoms with Crippen LogP contribution in [-0.4, -0.2) is 29.0 Å². The first kappa shape index (κ1) is 24.3. The fourth-order valence-corrected chi connectivity index (χ4v) is 4.99. The highest BCUT2D eigenvalue weighted by atomic mass is 32.2. The molecule has 0 saturated heterocycles. The lowest BCUT2D eigenvalue weighted by Crippen LogP contribution is -2.17. The first-order valence-corrected chi connectivity index (χ1v) is 13.3. The Morgan fingerprint density at radius 1 is 0.788 bits per heavy atom. The van der Waals surface area contributed by atoms with E-state index in [1.165, 1.54) is 24.3 Å². The lowest BCUT2D eigenvalue weighted by Gasteiger charge is -2.13. The second kappa shape index (κ2) is 9.24. The van der Waals surface area contributed by atoms with Gasteiger partial charge in [-0.3, -0.25) is 14.2 Å². The highest BCUT2D eigenvalue weighted by Crippen LogP contribution is 2.23. The van der Waals surface area contributed by atoms with Crippen LogP contribution in [0.1, 0.15) is 27.0 Å². The van der Waals surface area contributed by atoms with E-state index < -0.39 is 26.0 Å². The maximum absolute atomic E-state index is 12.7. The highest BCUT2D eigenvalue weighted by Gasteiger charge is 2.17. The summed E-state index contributed by atoms with van der Waals surface area (Å²) < 4.78 is 53.5. The van der Waals surface area contributed by atoms with Gasteiger partial charge in [-0.2, -0.15) is 0 Å². The van der Waals surface area contributed by atoms with Crippen molar-refractivity contribution in [2.75, 3.05) is 21.0 Å². The molecule has 0 spiro atoms. The van der Waals surface area contributed by atoms with Crippen molar-refractivity contribution in [2.24, 2.45) is 0 Å². The molecule has 10 heteroatoms. The van der Waals surface area contributed by atoms with Crippen LogP contribution in [0, 0.1) is 20.8 Å². The van der Waals surface area contributed by atoms with E-state index in [9.17, 15) is 21.6 Å². The number of nitrogens with one attached hydrogen (secondary N) is 3. The van der Waals surface area contributed by atoms with Crippen molar-refractivity contribution in [3.05, 3.63) is 82.9 Å². The van der Waals surface area contributed by atoms with Gasteiger partial charge in [-0.15, -0.1) is 0 Å². The number of hydrogen-bond donors (Lipinski definition) is 3. The number of carbonyl (C=O) groups is 1. The van der Waals surface area contributed by atoms with E-state index in [1.807, 2.05) is 26.0 Å². The predicted molar refractivity (Wildman–Crippen MR) is 131 cm³/mol. The average molecular weight is 488 g/mol. The van der Waals surface area contributed by atoms with Crippen LogP contribution in [0.2, 0.25) is 0 Å². The SMILES string of the molecule is Cc1ccc(NS(=O)(=O)c2ccc(NC(=O)c3cccc(NS(C)(=O)=O)c3C)cc2)c(C)c1. The third-order valence-corrected chi connectivity index (χ3v) is 6.89. The molecule has 0 aliphatic carbocycles. The summed E-state index contributed by atoms with van der Waals surface area (Å²) in [5, 5.41) is 2.70. The molecule has 0 radical (unpaired) electrons. The van der Waals surface area contributed by atoms with Crippen LogP contribution >= 0.6 is 0 Å². The van der Waals surface area contributed by atoms with Crippen molar-refractivity contribution >= 4 is 43.0 Å². The van der Waals surface area contributed by atoms with E-state index in [2.05, 4.69) is 14.8 Å². The zero-order valence-corrected chi connectivity index (χ0v) is 20.3. The van der Waals surface area contributed by atoms with Gasteiger partial charge < -0.3 is 5.32 Å². The summed E-state index contributed by atoms with van der Waals surface area (Å²) in [5.41, 5.74) is 3.80. The Kier molecular flexibility index (Phi) is 6.80. The van der Waals surface area contributed by atoms with Crippen LogP contribution in [0.25, 0.3) is 0 Å². The summed E-state index contributed by atoms with van der Waals surface area (Å²) in [7, 11) is -7.30. The van der Waals surface area contributed by atoms with Gasteiger partial charge in [-0.1, -0.05) is 23.8 Å². The molecule has 3 N–H and O–H groups in total. The van der Waals surface area contributed by atoms with Crippen molar-refractivity contribution in [1.29, 1.82) is 0 Å². The first-order valence-electron chi connectivity index (χ1n) is 9.94. The maximum atomic E-state index is 12.7. The molecule has 0 heterocycles. The summed E-state index contributed by atoms with van der Waals surface area (Å²) in [4.78, 5) is 12.8. The second-order valence-electron chi connectivity index (χ2n) is 7.75. The minimum absolute atomic E-state index is 0.0519. The van der Waals surface area contributed by atoms with E-state index in [0.29, 0.717) is 22.6 Å². The van der Waals surface area contributed by atoms with Crippen LogP contribution < -0.4 is 14.8 Å². The molecule has 0 aliphatic rings. The Morgan fingerprint density at radius 3 is 2.06 bits per heavy atom. The van der Waals surface area contributed by atoms with Crippen LogP contribution in [-0.2, 0) is 20.0 Å². The minimum atomic E-state index is -3.80. The Hall–Kier alpha value is -3.37. The fraction of sp³-hybridized carbons (Fsp3) is 0.174. The fourth-order valence-electron chi connectivity index (χ4n) is 3.24. The lowest BCUT2D eigenvalue weighted by atomic mass is 10.1. The number of aryl methyl sites for hydroxylation is 2. The number of sulfonamides is 2. The summed E-state index contributed by atoms with van der Waals surface area (Å²) in [6.45, 7) is 5.39. The van der Waals surface area contributed by atoms with E-state index >= 15 is 0 Å². The van der Waals surface area contributed by atoms with Gasteiger partial charge in [-0.25, -0.2) is 16.8 Å². The average Bonchev–Trinajstić information content (AvgIpc) is 2.71. The van der Waals surface area contributed by atoms with Gasteiger partial charge in [-0.05, 0) is 74.4 Å². The minimum Gasteiger partial charge on any atom is -0.322 e. The Labute approximate surface area is 194 Å². The van der Waals surface area contributed by atoms with Gasteiger partial charge in [0.05, 0.1) is 22.5 Å². The third-order valence-electron chi connectivity index (χ3n) is 4.92. The molecule has 1 amide bonds. The molecule has 0 atom stereocenters. The molecule has 33 heavy (non-hydrogen) atoms. The lowest BCUT2D eigenvalue weighted by molar-refractivity contribution is 0.102. The van der Waals surface area contributed by atoms with Crippen LogP contribution in [0.15, 0.2) is 65.6 Å². The molecule has 3 aromatic rings. The van der Waals surface area contributed by atoms with Crippen LogP contribution in [0.4, 0.5) is 17.1 Å². The van der Waals surface area contributed by atoms with Crippen molar-refractivity contribution in [3.8, 4) is 0 Å². The van der Waals surface area contributed by atoms with Gasteiger partial charge in [0.2, 0.25) is 10.0 Å². The normalized spacial score (nSPS) is 11.6. The Morgan fingerprint density at radius 2 is 1.45 bits per heavy atom. The van der Waals surface area contributed by atoms with E-state index in [-0.39, 0.29) is 10.5 Å². The quantitative estimate of drug-likeness (QED) is 0.464.